The van der Waals surface area contributed by atoms with Gasteiger partial charge in [0.1, 0.15) is 10.7 Å². The molecule has 2 heterocycles. The molecular weight excluding hydrogens is 266 g/mol. The van der Waals surface area contributed by atoms with Crippen molar-refractivity contribution in [1.82, 2.24) is 15.3 Å². The van der Waals surface area contributed by atoms with Gasteiger partial charge in [0.05, 0.1) is 5.69 Å². The first-order valence-electron chi connectivity index (χ1n) is 7.32. The van der Waals surface area contributed by atoms with Crippen molar-refractivity contribution in [3.05, 3.63) is 34.5 Å². The number of rotatable bonds is 6. The third kappa shape index (κ3) is 3.25. The number of thiazole rings is 1. The minimum atomic E-state index is 0.356. The molecule has 0 bridgehead atoms. The Morgan fingerprint density at radius 3 is 2.85 bits per heavy atom. The van der Waals surface area contributed by atoms with E-state index in [1.54, 1.807) is 11.3 Å². The largest absolute Gasteiger partial charge is 0.309 e. The van der Waals surface area contributed by atoms with Gasteiger partial charge in [-0.2, -0.15) is 0 Å². The zero-order valence-corrected chi connectivity index (χ0v) is 13.5. The molecule has 0 saturated carbocycles. The lowest BCUT2D eigenvalue weighted by Crippen LogP contribution is -2.18. The van der Waals surface area contributed by atoms with Crippen LogP contribution in [-0.4, -0.2) is 16.5 Å². The number of hydrogen-bond donors (Lipinski definition) is 1. The average Bonchev–Trinajstić information content (AvgIpc) is 2.86. The van der Waals surface area contributed by atoms with E-state index >= 15 is 0 Å². The zero-order chi connectivity index (χ0) is 14.5. The minimum Gasteiger partial charge on any atom is -0.309 e. The molecule has 0 amide bonds. The molecular formula is C16H23N3S. The van der Waals surface area contributed by atoms with Crippen LogP contribution in [-0.2, 0) is 6.42 Å². The standard InChI is InChI=1S/C16H23N3S/c1-5-9-17-11(3)15-12(4)19-16(20-15)14-13(6-2)8-7-10-18-14/h7-8,10-11,17H,5-6,9H2,1-4H3. The molecule has 0 aromatic carbocycles. The number of hydrogen-bond acceptors (Lipinski definition) is 4. The Balaban J connectivity index is 2.31. The van der Waals surface area contributed by atoms with Crippen molar-refractivity contribution in [2.75, 3.05) is 6.54 Å². The van der Waals surface area contributed by atoms with Crippen LogP contribution in [0.4, 0.5) is 0 Å². The summed E-state index contributed by atoms with van der Waals surface area (Å²) in [6, 6.07) is 4.49. The van der Waals surface area contributed by atoms with Crippen molar-refractivity contribution in [2.24, 2.45) is 0 Å². The summed E-state index contributed by atoms with van der Waals surface area (Å²) in [5.74, 6) is 0. The molecule has 2 aromatic heterocycles. The summed E-state index contributed by atoms with van der Waals surface area (Å²) < 4.78 is 0. The molecule has 0 aliphatic carbocycles. The highest BCUT2D eigenvalue weighted by atomic mass is 32.1. The molecule has 0 spiro atoms. The van der Waals surface area contributed by atoms with Crippen LogP contribution in [0.5, 0.6) is 0 Å². The first-order valence-corrected chi connectivity index (χ1v) is 8.14. The Morgan fingerprint density at radius 1 is 1.35 bits per heavy atom. The molecule has 1 atom stereocenters. The number of aromatic nitrogens is 2. The fourth-order valence-corrected chi connectivity index (χ4v) is 3.41. The first kappa shape index (κ1) is 15.1. The van der Waals surface area contributed by atoms with E-state index in [4.69, 9.17) is 4.98 Å². The molecule has 0 saturated heterocycles. The van der Waals surface area contributed by atoms with Crippen LogP contribution in [0.15, 0.2) is 18.3 Å². The Kier molecular flexibility index (Phi) is 5.26. The van der Waals surface area contributed by atoms with Gasteiger partial charge in [-0.25, -0.2) is 4.98 Å². The van der Waals surface area contributed by atoms with Gasteiger partial charge in [0, 0.05) is 17.1 Å². The van der Waals surface area contributed by atoms with Crippen LogP contribution in [0.25, 0.3) is 10.7 Å². The van der Waals surface area contributed by atoms with Crippen LogP contribution in [0.1, 0.15) is 49.4 Å². The van der Waals surface area contributed by atoms with E-state index in [2.05, 4.69) is 44.1 Å². The van der Waals surface area contributed by atoms with Gasteiger partial charge in [-0.15, -0.1) is 11.3 Å². The summed E-state index contributed by atoms with van der Waals surface area (Å²) in [5, 5.41) is 4.57. The quantitative estimate of drug-likeness (QED) is 0.868. The van der Waals surface area contributed by atoms with Gasteiger partial charge in [-0.05, 0) is 44.9 Å². The Morgan fingerprint density at radius 2 is 2.15 bits per heavy atom. The Hall–Kier alpha value is -1.26. The lowest BCUT2D eigenvalue weighted by molar-refractivity contribution is 0.575. The van der Waals surface area contributed by atoms with E-state index in [1.807, 2.05) is 12.3 Å². The molecule has 1 N–H and O–H groups in total. The summed E-state index contributed by atoms with van der Waals surface area (Å²) >= 11 is 1.76. The predicted octanol–water partition coefficient (Wildman–Crippen LogP) is 4.14. The molecule has 0 aliphatic heterocycles. The van der Waals surface area contributed by atoms with Gasteiger partial charge in [0.2, 0.25) is 0 Å². The normalized spacial score (nSPS) is 12.6. The second kappa shape index (κ2) is 6.95. The molecule has 0 aliphatic rings. The number of nitrogens with zero attached hydrogens (tertiary/aromatic N) is 2. The van der Waals surface area contributed by atoms with Crippen molar-refractivity contribution in [3.8, 4) is 10.7 Å². The van der Waals surface area contributed by atoms with Crippen molar-refractivity contribution in [1.29, 1.82) is 0 Å². The highest BCUT2D eigenvalue weighted by Crippen LogP contribution is 2.32. The summed E-state index contributed by atoms with van der Waals surface area (Å²) in [7, 11) is 0. The van der Waals surface area contributed by atoms with Crippen LogP contribution in [0, 0.1) is 6.92 Å². The fraction of sp³-hybridized carbons (Fsp3) is 0.500. The summed E-state index contributed by atoms with van der Waals surface area (Å²) in [5.41, 5.74) is 3.42. The second-order valence-electron chi connectivity index (χ2n) is 5.01. The zero-order valence-electron chi connectivity index (χ0n) is 12.7. The third-order valence-electron chi connectivity index (χ3n) is 3.40. The van der Waals surface area contributed by atoms with Crippen molar-refractivity contribution < 1.29 is 0 Å². The monoisotopic (exact) mass is 289 g/mol. The smallest absolute Gasteiger partial charge is 0.142 e. The maximum absolute atomic E-state index is 4.73. The lowest BCUT2D eigenvalue weighted by Gasteiger charge is -2.11. The van der Waals surface area contributed by atoms with E-state index in [1.165, 1.54) is 10.4 Å². The minimum absolute atomic E-state index is 0.356. The molecule has 4 heteroatoms. The fourth-order valence-electron chi connectivity index (χ4n) is 2.28. The maximum atomic E-state index is 4.73. The van der Waals surface area contributed by atoms with E-state index in [9.17, 15) is 0 Å². The average molecular weight is 289 g/mol. The van der Waals surface area contributed by atoms with Gasteiger partial charge in [0.25, 0.3) is 0 Å². The summed E-state index contributed by atoms with van der Waals surface area (Å²) in [6.45, 7) is 9.68. The van der Waals surface area contributed by atoms with Gasteiger partial charge >= 0.3 is 0 Å². The SMILES string of the molecule is CCCNC(C)c1sc(-c2ncccc2CC)nc1C. The van der Waals surface area contributed by atoms with Gasteiger partial charge in [0.15, 0.2) is 0 Å². The Bertz CT molecular complexity index is 563. The number of nitrogens with one attached hydrogen (secondary N) is 1. The molecule has 3 nitrogen and oxygen atoms in total. The first-order chi connectivity index (χ1) is 9.67. The van der Waals surface area contributed by atoms with Crippen LogP contribution in [0.3, 0.4) is 0 Å². The van der Waals surface area contributed by atoms with E-state index in [0.29, 0.717) is 6.04 Å². The number of aryl methyl sites for hydroxylation is 2. The molecule has 20 heavy (non-hydrogen) atoms. The molecule has 1 unspecified atom stereocenters. The van der Waals surface area contributed by atoms with Crippen molar-refractivity contribution in [3.63, 3.8) is 0 Å². The molecule has 2 aromatic rings. The highest BCUT2D eigenvalue weighted by molar-refractivity contribution is 7.15. The third-order valence-corrected chi connectivity index (χ3v) is 4.75. The van der Waals surface area contributed by atoms with Gasteiger partial charge < -0.3 is 5.32 Å². The van der Waals surface area contributed by atoms with E-state index < -0.39 is 0 Å². The Labute approximate surface area is 125 Å². The molecule has 0 radical (unpaired) electrons. The van der Waals surface area contributed by atoms with Crippen molar-refractivity contribution >= 4 is 11.3 Å². The van der Waals surface area contributed by atoms with Gasteiger partial charge in [-0.3, -0.25) is 4.98 Å². The molecule has 2 rings (SSSR count). The van der Waals surface area contributed by atoms with Crippen molar-refractivity contribution in [2.45, 2.75) is 46.6 Å². The predicted molar refractivity (Wildman–Crippen MR) is 86.2 cm³/mol. The topological polar surface area (TPSA) is 37.8 Å². The highest BCUT2D eigenvalue weighted by Gasteiger charge is 2.16. The second-order valence-corrected chi connectivity index (χ2v) is 6.04. The van der Waals surface area contributed by atoms with Crippen LogP contribution in [0.2, 0.25) is 0 Å². The molecule has 0 fully saturated rings. The van der Waals surface area contributed by atoms with E-state index in [-0.39, 0.29) is 0 Å². The van der Waals surface area contributed by atoms with Crippen LogP contribution >= 0.6 is 11.3 Å². The summed E-state index contributed by atoms with van der Waals surface area (Å²) in [6.07, 6.45) is 3.99. The van der Waals surface area contributed by atoms with Gasteiger partial charge in [-0.1, -0.05) is 19.9 Å². The lowest BCUT2D eigenvalue weighted by atomic mass is 10.1. The maximum Gasteiger partial charge on any atom is 0.142 e. The summed E-state index contributed by atoms with van der Waals surface area (Å²) in [4.78, 5) is 10.6. The van der Waals surface area contributed by atoms with E-state index in [0.717, 1.165) is 35.8 Å². The number of pyridine rings is 1. The molecule has 108 valence electrons. The van der Waals surface area contributed by atoms with Crippen LogP contribution < -0.4 is 5.32 Å².